The first-order chi connectivity index (χ1) is 9.05. The van der Waals surface area contributed by atoms with Gasteiger partial charge in [0.2, 0.25) is 0 Å². The highest BCUT2D eigenvalue weighted by Crippen LogP contribution is 2.26. The molecule has 7 heteroatoms. The van der Waals surface area contributed by atoms with Gasteiger partial charge in [0.25, 0.3) is 10.0 Å². The fourth-order valence-electron chi connectivity index (χ4n) is 2.17. The molecule has 1 aliphatic rings. The highest BCUT2D eigenvalue weighted by atomic mass is 32.2. The Morgan fingerprint density at radius 2 is 2.16 bits per heavy atom. The summed E-state index contributed by atoms with van der Waals surface area (Å²) < 4.78 is 32.3. The van der Waals surface area contributed by atoms with E-state index in [1.54, 1.807) is 13.1 Å². The number of nitrogens with zero attached hydrogens (tertiary/aromatic N) is 1. The number of nitrogens with one attached hydrogen (secondary N) is 1. The molecule has 2 rings (SSSR count). The van der Waals surface area contributed by atoms with Crippen LogP contribution in [0.5, 0.6) is 0 Å². The molecule has 2 heterocycles. The summed E-state index contributed by atoms with van der Waals surface area (Å²) in [5.74, 6) is 0. The van der Waals surface area contributed by atoms with Crippen molar-refractivity contribution in [2.45, 2.75) is 29.6 Å². The molecule has 0 aromatic carbocycles. The summed E-state index contributed by atoms with van der Waals surface area (Å²) in [5, 5.41) is 4.91. The molecular weight excluding hydrogens is 284 g/mol. The van der Waals surface area contributed by atoms with E-state index in [-0.39, 0.29) is 6.04 Å². The molecule has 0 aliphatic carbocycles. The van der Waals surface area contributed by atoms with Crippen molar-refractivity contribution in [3.63, 3.8) is 0 Å². The molecule has 1 fully saturated rings. The van der Waals surface area contributed by atoms with E-state index in [9.17, 15) is 8.42 Å². The highest BCUT2D eigenvalue weighted by molar-refractivity contribution is 7.91. The quantitative estimate of drug-likeness (QED) is 0.890. The summed E-state index contributed by atoms with van der Waals surface area (Å²) in [6.07, 6.45) is 1.54. The first-order valence-electron chi connectivity index (χ1n) is 6.33. The molecule has 1 aliphatic heterocycles. The van der Waals surface area contributed by atoms with Gasteiger partial charge in [-0.15, -0.1) is 11.3 Å². The molecule has 1 N–H and O–H groups in total. The van der Waals surface area contributed by atoms with Crippen LogP contribution in [-0.2, 0) is 21.3 Å². The van der Waals surface area contributed by atoms with Gasteiger partial charge in [0.15, 0.2) is 0 Å². The van der Waals surface area contributed by atoms with Crippen molar-refractivity contribution >= 4 is 21.4 Å². The van der Waals surface area contributed by atoms with Crippen molar-refractivity contribution in [2.75, 3.05) is 27.3 Å². The minimum absolute atomic E-state index is 0.0496. The molecule has 19 heavy (non-hydrogen) atoms. The fourth-order valence-corrected chi connectivity index (χ4v) is 4.98. The molecule has 0 unspecified atom stereocenters. The van der Waals surface area contributed by atoms with Crippen LogP contribution >= 0.6 is 11.3 Å². The maximum absolute atomic E-state index is 12.5. The predicted octanol–water partition coefficient (Wildman–Crippen LogP) is 1.27. The lowest BCUT2D eigenvalue weighted by molar-refractivity contribution is 0.0632. The van der Waals surface area contributed by atoms with Crippen LogP contribution in [0, 0.1) is 0 Å². The van der Waals surface area contributed by atoms with E-state index in [2.05, 4.69) is 5.32 Å². The summed E-state index contributed by atoms with van der Waals surface area (Å²) in [5.41, 5.74) is 1.01. The largest absolute Gasteiger partial charge is 0.381 e. The van der Waals surface area contributed by atoms with E-state index in [0.717, 1.165) is 18.4 Å². The average molecular weight is 304 g/mol. The van der Waals surface area contributed by atoms with Gasteiger partial charge in [-0.1, -0.05) is 0 Å². The maximum Gasteiger partial charge on any atom is 0.252 e. The second-order valence-electron chi connectivity index (χ2n) is 4.67. The van der Waals surface area contributed by atoms with Crippen molar-refractivity contribution in [1.29, 1.82) is 0 Å². The molecule has 1 aromatic heterocycles. The molecule has 0 saturated carbocycles. The number of hydrogen-bond donors (Lipinski definition) is 1. The minimum atomic E-state index is -3.37. The zero-order valence-corrected chi connectivity index (χ0v) is 12.9. The van der Waals surface area contributed by atoms with E-state index >= 15 is 0 Å². The Morgan fingerprint density at radius 3 is 2.79 bits per heavy atom. The maximum atomic E-state index is 12.5. The second kappa shape index (κ2) is 6.32. The van der Waals surface area contributed by atoms with Gasteiger partial charge in [0, 0.05) is 32.8 Å². The van der Waals surface area contributed by atoms with Gasteiger partial charge in [0.1, 0.15) is 4.21 Å². The Kier molecular flexibility index (Phi) is 4.97. The van der Waals surface area contributed by atoms with Gasteiger partial charge in [-0.05, 0) is 36.9 Å². The van der Waals surface area contributed by atoms with Gasteiger partial charge >= 0.3 is 0 Å². The third-order valence-electron chi connectivity index (χ3n) is 3.35. The minimum Gasteiger partial charge on any atom is -0.381 e. The monoisotopic (exact) mass is 304 g/mol. The van der Waals surface area contributed by atoms with E-state index in [4.69, 9.17) is 4.74 Å². The summed E-state index contributed by atoms with van der Waals surface area (Å²) >= 11 is 1.29. The third-order valence-corrected chi connectivity index (χ3v) is 6.72. The number of thiophene rings is 1. The molecule has 1 saturated heterocycles. The summed E-state index contributed by atoms with van der Waals surface area (Å²) in [6.45, 7) is 1.97. The van der Waals surface area contributed by atoms with Gasteiger partial charge in [-0.3, -0.25) is 0 Å². The van der Waals surface area contributed by atoms with E-state index in [0.29, 0.717) is 24.0 Å². The van der Waals surface area contributed by atoms with Gasteiger partial charge < -0.3 is 10.1 Å². The van der Waals surface area contributed by atoms with Gasteiger partial charge in [-0.2, -0.15) is 4.31 Å². The van der Waals surface area contributed by atoms with Crippen LogP contribution in [0.15, 0.2) is 15.7 Å². The van der Waals surface area contributed by atoms with Crippen molar-refractivity contribution in [3.8, 4) is 0 Å². The lowest BCUT2D eigenvalue weighted by Gasteiger charge is -2.29. The number of ether oxygens (including phenoxy) is 1. The molecule has 0 radical (unpaired) electrons. The average Bonchev–Trinajstić information content (AvgIpc) is 2.89. The molecule has 0 amide bonds. The number of sulfonamides is 1. The zero-order valence-electron chi connectivity index (χ0n) is 11.3. The Bertz CT molecular complexity index is 507. The highest BCUT2D eigenvalue weighted by Gasteiger charge is 2.30. The lowest BCUT2D eigenvalue weighted by atomic mass is 10.1. The Hall–Kier alpha value is -0.470. The molecule has 5 nitrogen and oxygen atoms in total. The van der Waals surface area contributed by atoms with E-state index < -0.39 is 10.0 Å². The van der Waals surface area contributed by atoms with E-state index in [1.165, 1.54) is 15.6 Å². The summed E-state index contributed by atoms with van der Waals surface area (Å²) in [7, 11) is 0.149. The predicted molar refractivity (Wildman–Crippen MR) is 75.9 cm³/mol. The third kappa shape index (κ3) is 3.35. The van der Waals surface area contributed by atoms with Crippen LogP contribution in [0.1, 0.15) is 18.4 Å². The molecule has 108 valence electrons. The van der Waals surface area contributed by atoms with Crippen LogP contribution in [0.3, 0.4) is 0 Å². The van der Waals surface area contributed by atoms with Crippen molar-refractivity contribution in [2.24, 2.45) is 0 Å². The SMILES string of the molecule is CNCc1csc(S(=O)(=O)N(C)C2CCOCC2)c1. The molecule has 0 bridgehead atoms. The first-order valence-corrected chi connectivity index (χ1v) is 8.65. The van der Waals surface area contributed by atoms with Crippen LogP contribution in [-0.4, -0.2) is 46.1 Å². The molecule has 1 aromatic rings. The van der Waals surface area contributed by atoms with Crippen LogP contribution in [0.25, 0.3) is 0 Å². The van der Waals surface area contributed by atoms with Crippen LogP contribution < -0.4 is 5.32 Å². The van der Waals surface area contributed by atoms with Crippen LogP contribution in [0.2, 0.25) is 0 Å². The Morgan fingerprint density at radius 1 is 1.47 bits per heavy atom. The van der Waals surface area contributed by atoms with Gasteiger partial charge in [0.05, 0.1) is 0 Å². The molecule has 0 spiro atoms. The van der Waals surface area contributed by atoms with Crippen molar-refractivity contribution < 1.29 is 13.2 Å². The molecular formula is C12H20N2O3S2. The molecule has 0 atom stereocenters. The second-order valence-corrected chi connectivity index (χ2v) is 7.80. The lowest BCUT2D eigenvalue weighted by Crippen LogP contribution is -2.40. The zero-order chi connectivity index (χ0) is 13.9. The fraction of sp³-hybridized carbons (Fsp3) is 0.667. The standard InChI is InChI=1S/C12H20N2O3S2/c1-13-8-10-7-12(18-9-10)19(15,16)14(2)11-3-5-17-6-4-11/h7,9,11,13H,3-6,8H2,1-2H3. The number of hydrogen-bond acceptors (Lipinski definition) is 5. The van der Waals surface area contributed by atoms with Gasteiger partial charge in [-0.25, -0.2) is 8.42 Å². The first kappa shape index (κ1) is 14.9. The summed E-state index contributed by atoms with van der Waals surface area (Å²) in [6, 6.07) is 1.81. The Labute approximate surface area is 118 Å². The van der Waals surface area contributed by atoms with E-state index in [1.807, 2.05) is 12.4 Å². The summed E-state index contributed by atoms with van der Waals surface area (Å²) in [4.78, 5) is 0. The topological polar surface area (TPSA) is 58.6 Å². The smallest absolute Gasteiger partial charge is 0.252 e. The normalized spacial score (nSPS) is 18.1. The number of rotatable bonds is 5. The van der Waals surface area contributed by atoms with Crippen LogP contribution in [0.4, 0.5) is 0 Å². The Balaban J connectivity index is 2.15. The van der Waals surface area contributed by atoms with Crippen molar-refractivity contribution in [1.82, 2.24) is 9.62 Å². The van der Waals surface area contributed by atoms with Crippen molar-refractivity contribution in [3.05, 3.63) is 17.0 Å².